The molecule has 108 valence electrons. The van der Waals surface area contributed by atoms with Crippen molar-refractivity contribution in [1.82, 2.24) is 10.2 Å². The fourth-order valence-corrected chi connectivity index (χ4v) is 3.55. The van der Waals surface area contributed by atoms with Gasteiger partial charge in [0, 0.05) is 18.6 Å². The number of nitriles is 1. The maximum Gasteiger partial charge on any atom is 0.108 e. The second-order valence-electron chi connectivity index (χ2n) is 6.71. The lowest BCUT2D eigenvalue weighted by Crippen LogP contribution is -2.54. The van der Waals surface area contributed by atoms with Gasteiger partial charge in [-0.1, -0.05) is 6.92 Å². The lowest BCUT2D eigenvalue weighted by atomic mass is 9.79. The van der Waals surface area contributed by atoms with Crippen LogP contribution in [-0.4, -0.2) is 35.6 Å². The molecular weight excluding hydrogens is 234 g/mol. The van der Waals surface area contributed by atoms with Crippen molar-refractivity contribution >= 4 is 0 Å². The second kappa shape index (κ2) is 6.24. The van der Waals surface area contributed by atoms with Gasteiger partial charge in [0.25, 0.3) is 0 Å². The van der Waals surface area contributed by atoms with Crippen molar-refractivity contribution in [2.24, 2.45) is 5.92 Å². The van der Waals surface area contributed by atoms with Gasteiger partial charge in [-0.15, -0.1) is 0 Å². The molecule has 2 unspecified atom stereocenters. The molecule has 0 radical (unpaired) electrons. The molecule has 3 nitrogen and oxygen atoms in total. The highest BCUT2D eigenvalue weighted by Crippen LogP contribution is 2.36. The standard InChI is InChI=1S/C16H29N3/c1-4-18-16(12-17)9-5-6-15(10-16)19(13(2)3)11-14-7-8-14/h13-15,18H,4-11H2,1-3H3. The largest absolute Gasteiger partial charge is 0.300 e. The van der Waals surface area contributed by atoms with Gasteiger partial charge in [0.1, 0.15) is 5.54 Å². The summed E-state index contributed by atoms with van der Waals surface area (Å²) < 4.78 is 0. The molecule has 2 saturated carbocycles. The molecule has 2 aliphatic rings. The van der Waals surface area contributed by atoms with Crippen LogP contribution in [0.1, 0.15) is 59.3 Å². The molecule has 0 aliphatic heterocycles. The Bertz CT molecular complexity index is 325. The van der Waals surface area contributed by atoms with E-state index in [1.165, 1.54) is 32.2 Å². The Morgan fingerprint density at radius 1 is 1.37 bits per heavy atom. The van der Waals surface area contributed by atoms with Crippen LogP contribution in [0.2, 0.25) is 0 Å². The molecule has 0 aromatic rings. The Balaban J connectivity index is 2.03. The van der Waals surface area contributed by atoms with E-state index in [0.717, 1.165) is 25.3 Å². The molecule has 3 heteroatoms. The van der Waals surface area contributed by atoms with Gasteiger partial charge in [0.2, 0.25) is 0 Å². The van der Waals surface area contributed by atoms with Gasteiger partial charge in [-0.25, -0.2) is 0 Å². The summed E-state index contributed by atoms with van der Waals surface area (Å²) in [5.74, 6) is 0.931. The second-order valence-corrected chi connectivity index (χ2v) is 6.71. The number of rotatable bonds is 6. The first-order chi connectivity index (χ1) is 9.10. The Morgan fingerprint density at radius 3 is 2.63 bits per heavy atom. The van der Waals surface area contributed by atoms with E-state index in [4.69, 9.17) is 0 Å². The summed E-state index contributed by atoms with van der Waals surface area (Å²) in [6.45, 7) is 8.85. The van der Waals surface area contributed by atoms with Gasteiger partial charge >= 0.3 is 0 Å². The quantitative estimate of drug-likeness (QED) is 0.801. The average Bonchev–Trinajstić information content (AvgIpc) is 3.20. The monoisotopic (exact) mass is 263 g/mol. The van der Waals surface area contributed by atoms with Crippen LogP contribution in [0.4, 0.5) is 0 Å². The van der Waals surface area contributed by atoms with Crippen LogP contribution in [0.5, 0.6) is 0 Å². The van der Waals surface area contributed by atoms with Crippen molar-refractivity contribution < 1.29 is 0 Å². The highest BCUT2D eigenvalue weighted by atomic mass is 15.2. The summed E-state index contributed by atoms with van der Waals surface area (Å²) in [5, 5.41) is 13.0. The van der Waals surface area contributed by atoms with Crippen LogP contribution < -0.4 is 5.32 Å². The fourth-order valence-electron chi connectivity index (χ4n) is 3.55. The summed E-state index contributed by atoms with van der Waals surface area (Å²) in [4.78, 5) is 2.67. The van der Waals surface area contributed by atoms with Gasteiger partial charge < -0.3 is 0 Å². The van der Waals surface area contributed by atoms with E-state index in [1.807, 2.05) is 0 Å². The first-order valence-electron chi connectivity index (χ1n) is 8.02. The van der Waals surface area contributed by atoms with Crippen molar-refractivity contribution in [3.05, 3.63) is 0 Å². The predicted octanol–water partition coefficient (Wildman–Crippen LogP) is 2.92. The third-order valence-electron chi connectivity index (χ3n) is 4.75. The van der Waals surface area contributed by atoms with Crippen LogP contribution >= 0.6 is 0 Å². The summed E-state index contributed by atoms with van der Waals surface area (Å²) in [5.41, 5.74) is -0.269. The molecule has 1 N–H and O–H groups in total. The van der Waals surface area contributed by atoms with Gasteiger partial charge in [-0.3, -0.25) is 10.2 Å². The van der Waals surface area contributed by atoms with Crippen LogP contribution in [0.3, 0.4) is 0 Å². The van der Waals surface area contributed by atoms with Gasteiger partial charge in [-0.05, 0) is 64.8 Å². The zero-order valence-electron chi connectivity index (χ0n) is 12.8. The third kappa shape index (κ3) is 3.70. The molecule has 0 bridgehead atoms. The van der Waals surface area contributed by atoms with Gasteiger partial charge in [0.15, 0.2) is 0 Å². The smallest absolute Gasteiger partial charge is 0.108 e. The van der Waals surface area contributed by atoms with Crippen LogP contribution in [0, 0.1) is 17.2 Å². The molecule has 2 atom stereocenters. The van der Waals surface area contributed by atoms with E-state index in [1.54, 1.807) is 0 Å². The van der Waals surface area contributed by atoms with E-state index in [0.29, 0.717) is 12.1 Å². The first kappa shape index (κ1) is 14.8. The van der Waals surface area contributed by atoms with Crippen molar-refractivity contribution in [1.29, 1.82) is 5.26 Å². The first-order valence-corrected chi connectivity index (χ1v) is 8.02. The highest BCUT2D eigenvalue weighted by molar-refractivity contribution is 5.11. The molecule has 2 rings (SSSR count). The van der Waals surface area contributed by atoms with Crippen molar-refractivity contribution in [2.75, 3.05) is 13.1 Å². The lowest BCUT2D eigenvalue weighted by Gasteiger charge is -2.43. The van der Waals surface area contributed by atoms with Crippen molar-refractivity contribution in [3.8, 4) is 6.07 Å². The Labute approximate surface area is 118 Å². The molecular formula is C16H29N3. The molecule has 0 aromatic carbocycles. The van der Waals surface area contributed by atoms with E-state index in [9.17, 15) is 5.26 Å². The molecule has 0 aromatic heterocycles. The predicted molar refractivity (Wildman–Crippen MR) is 78.8 cm³/mol. The Hall–Kier alpha value is -0.590. The van der Waals surface area contributed by atoms with E-state index in [-0.39, 0.29) is 5.54 Å². The lowest BCUT2D eigenvalue weighted by molar-refractivity contribution is 0.0879. The van der Waals surface area contributed by atoms with Gasteiger partial charge in [-0.2, -0.15) is 5.26 Å². The zero-order chi connectivity index (χ0) is 13.9. The maximum absolute atomic E-state index is 9.57. The average molecular weight is 263 g/mol. The van der Waals surface area contributed by atoms with Gasteiger partial charge in [0.05, 0.1) is 6.07 Å². The Kier molecular flexibility index (Phi) is 4.86. The SMILES string of the molecule is CCNC1(C#N)CCCC(N(CC2CC2)C(C)C)C1. The zero-order valence-corrected chi connectivity index (χ0v) is 12.8. The molecule has 0 heterocycles. The Morgan fingerprint density at radius 2 is 2.11 bits per heavy atom. The van der Waals surface area contributed by atoms with Crippen molar-refractivity contribution in [3.63, 3.8) is 0 Å². The summed E-state index contributed by atoms with van der Waals surface area (Å²) in [6.07, 6.45) is 7.28. The molecule has 2 aliphatic carbocycles. The van der Waals surface area contributed by atoms with Crippen LogP contribution in [0.25, 0.3) is 0 Å². The van der Waals surface area contributed by atoms with E-state index < -0.39 is 0 Å². The van der Waals surface area contributed by atoms with Crippen LogP contribution in [0.15, 0.2) is 0 Å². The summed E-state index contributed by atoms with van der Waals surface area (Å²) in [6, 6.07) is 3.76. The highest BCUT2D eigenvalue weighted by Gasteiger charge is 2.39. The minimum atomic E-state index is -0.269. The van der Waals surface area contributed by atoms with E-state index in [2.05, 4.69) is 37.1 Å². The molecule has 2 fully saturated rings. The number of hydrogen-bond donors (Lipinski definition) is 1. The van der Waals surface area contributed by atoms with E-state index >= 15 is 0 Å². The minimum absolute atomic E-state index is 0.269. The fraction of sp³-hybridized carbons (Fsp3) is 0.938. The topological polar surface area (TPSA) is 39.1 Å². The molecule has 19 heavy (non-hydrogen) atoms. The molecule has 0 saturated heterocycles. The number of hydrogen-bond acceptors (Lipinski definition) is 3. The summed E-state index contributed by atoms with van der Waals surface area (Å²) >= 11 is 0. The molecule has 0 spiro atoms. The maximum atomic E-state index is 9.57. The minimum Gasteiger partial charge on any atom is -0.300 e. The molecule has 0 amide bonds. The summed E-state index contributed by atoms with van der Waals surface area (Å²) in [7, 11) is 0. The normalized spacial score (nSPS) is 31.7. The van der Waals surface area contributed by atoms with Crippen molar-refractivity contribution in [2.45, 2.75) is 76.9 Å². The number of nitrogens with one attached hydrogen (secondary N) is 1. The van der Waals surface area contributed by atoms with Crippen LogP contribution in [-0.2, 0) is 0 Å². The third-order valence-corrected chi connectivity index (χ3v) is 4.75. The number of nitrogens with zero attached hydrogens (tertiary/aromatic N) is 2.